The zero-order valence-electron chi connectivity index (χ0n) is 14.9. The van der Waals surface area contributed by atoms with Gasteiger partial charge in [0.2, 0.25) is 5.91 Å². The molecule has 2 aliphatic carbocycles. The van der Waals surface area contributed by atoms with Gasteiger partial charge in [-0.15, -0.1) is 12.4 Å². The molecular formula is C20H27ClN4O. The zero-order chi connectivity index (χ0) is 17.2. The van der Waals surface area contributed by atoms with Crippen LogP contribution >= 0.6 is 12.4 Å². The van der Waals surface area contributed by atoms with Gasteiger partial charge in [-0.05, 0) is 61.3 Å². The van der Waals surface area contributed by atoms with Gasteiger partial charge in [0.15, 0.2) is 0 Å². The maximum Gasteiger partial charge on any atom is 0.223 e. The summed E-state index contributed by atoms with van der Waals surface area (Å²) in [6.07, 6.45) is 9.26. The Balaban J connectivity index is 0.00000196. The molecule has 2 unspecified atom stereocenters. The average Bonchev–Trinajstić information content (AvgIpc) is 3.14. The zero-order valence-corrected chi connectivity index (χ0v) is 15.7. The molecule has 1 aromatic carbocycles. The van der Waals surface area contributed by atoms with Crippen LogP contribution < -0.4 is 11.1 Å². The van der Waals surface area contributed by atoms with Crippen molar-refractivity contribution >= 4 is 18.3 Å². The molecule has 4 rings (SSSR count). The lowest BCUT2D eigenvalue weighted by molar-refractivity contribution is -0.128. The van der Waals surface area contributed by atoms with Crippen molar-refractivity contribution in [2.45, 2.75) is 44.7 Å². The fraction of sp³-hybridized carbons (Fsp3) is 0.500. The molecule has 1 amide bonds. The number of nitrogens with two attached hydrogens (primary N) is 1. The van der Waals surface area contributed by atoms with Crippen LogP contribution in [0, 0.1) is 17.8 Å². The van der Waals surface area contributed by atoms with E-state index in [9.17, 15) is 4.79 Å². The van der Waals surface area contributed by atoms with Gasteiger partial charge in [-0.3, -0.25) is 4.79 Å². The lowest BCUT2D eigenvalue weighted by atomic mass is 9.65. The summed E-state index contributed by atoms with van der Waals surface area (Å²) in [5, 5.41) is 7.35. The van der Waals surface area contributed by atoms with Crippen molar-refractivity contribution in [3.05, 3.63) is 48.3 Å². The highest BCUT2D eigenvalue weighted by molar-refractivity contribution is 5.85. The first-order valence-electron chi connectivity index (χ1n) is 9.33. The predicted molar refractivity (Wildman–Crippen MR) is 104 cm³/mol. The Morgan fingerprint density at radius 2 is 1.88 bits per heavy atom. The number of nitrogens with one attached hydrogen (secondary N) is 1. The molecular weight excluding hydrogens is 348 g/mol. The number of hydrogen-bond donors (Lipinski definition) is 2. The number of amides is 1. The second kappa shape index (κ2) is 8.23. The minimum Gasteiger partial charge on any atom is -0.352 e. The fourth-order valence-electron chi connectivity index (χ4n) is 4.52. The number of carbonyl (C=O) groups is 1. The van der Waals surface area contributed by atoms with E-state index in [1.165, 1.54) is 19.3 Å². The van der Waals surface area contributed by atoms with E-state index >= 15 is 0 Å². The highest BCUT2D eigenvalue weighted by Crippen LogP contribution is 2.41. The first kappa shape index (κ1) is 18.9. The Kier molecular flexibility index (Phi) is 5.99. The second-order valence-electron chi connectivity index (χ2n) is 7.53. The standard InChI is InChI=1S/C20H26N4O.ClH/c21-19-15-3-1-4-16(19)12-17(11-15)20(25)22-13-14-5-7-18(8-6-14)24-10-2-9-23-24;/h2,5-10,15-17,19H,1,3-4,11-13,21H2,(H,22,25);1H. The smallest absolute Gasteiger partial charge is 0.223 e. The van der Waals surface area contributed by atoms with Crippen molar-refractivity contribution in [3.63, 3.8) is 0 Å². The first-order valence-corrected chi connectivity index (χ1v) is 9.33. The minimum atomic E-state index is 0. The summed E-state index contributed by atoms with van der Waals surface area (Å²) in [6.45, 7) is 0.579. The number of nitrogens with zero attached hydrogens (tertiary/aromatic N) is 2. The van der Waals surface area contributed by atoms with Gasteiger partial charge in [0.05, 0.1) is 5.69 Å². The van der Waals surface area contributed by atoms with Gasteiger partial charge in [-0.25, -0.2) is 4.68 Å². The average molecular weight is 375 g/mol. The van der Waals surface area contributed by atoms with Crippen LogP contribution in [0.5, 0.6) is 0 Å². The number of hydrogen-bond acceptors (Lipinski definition) is 3. The summed E-state index contributed by atoms with van der Waals surface area (Å²) in [6, 6.07) is 10.4. The van der Waals surface area contributed by atoms with Gasteiger partial charge in [-0.1, -0.05) is 18.6 Å². The van der Waals surface area contributed by atoms with Crippen molar-refractivity contribution in [3.8, 4) is 5.69 Å². The monoisotopic (exact) mass is 374 g/mol. The van der Waals surface area contributed by atoms with Crippen molar-refractivity contribution in [1.82, 2.24) is 15.1 Å². The topological polar surface area (TPSA) is 72.9 Å². The molecule has 6 heteroatoms. The van der Waals surface area contributed by atoms with E-state index in [-0.39, 0.29) is 24.2 Å². The molecule has 1 heterocycles. The number of fused-ring (bicyclic) bond motifs is 2. The summed E-state index contributed by atoms with van der Waals surface area (Å²) in [7, 11) is 0. The van der Waals surface area contributed by atoms with E-state index in [0.717, 1.165) is 24.1 Å². The molecule has 0 spiro atoms. The lowest BCUT2D eigenvalue weighted by Crippen LogP contribution is -2.49. The van der Waals surface area contributed by atoms with Crippen molar-refractivity contribution in [2.24, 2.45) is 23.5 Å². The van der Waals surface area contributed by atoms with Crippen molar-refractivity contribution in [1.29, 1.82) is 0 Å². The minimum absolute atomic E-state index is 0. The lowest BCUT2D eigenvalue weighted by Gasteiger charge is -2.43. The van der Waals surface area contributed by atoms with Crippen LogP contribution in [0.15, 0.2) is 42.7 Å². The Morgan fingerprint density at radius 3 is 2.50 bits per heavy atom. The number of halogens is 1. The van der Waals surface area contributed by atoms with E-state index in [0.29, 0.717) is 24.4 Å². The molecule has 140 valence electrons. The van der Waals surface area contributed by atoms with Crippen molar-refractivity contribution < 1.29 is 4.79 Å². The highest BCUT2D eigenvalue weighted by Gasteiger charge is 2.40. The van der Waals surface area contributed by atoms with Gasteiger partial charge < -0.3 is 11.1 Å². The summed E-state index contributed by atoms with van der Waals surface area (Å²) < 4.78 is 1.83. The molecule has 5 nitrogen and oxygen atoms in total. The van der Waals surface area contributed by atoms with Gasteiger partial charge in [0, 0.05) is 30.9 Å². The molecule has 2 aliphatic rings. The molecule has 0 radical (unpaired) electrons. The number of aromatic nitrogens is 2. The fourth-order valence-corrected chi connectivity index (χ4v) is 4.52. The van der Waals surface area contributed by atoms with Crippen molar-refractivity contribution in [2.75, 3.05) is 0 Å². The van der Waals surface area contributed by atoms with Crippen LogP contribution in [-0.2, 0) is 11.3 Å². The molecule has 3 N–H and O–H groups in total. The van der Waals surface area contributed by atoms with Crippen LogP contribution in [0.2, 0.25) is 0 Å². The Hall–Kier alpha value is -1.85. The summed E-state index contributed by atoms with van der Waals surface area (Å²) in [5.74, 6) is 1.41. The third kappa shape index (κ3) is 3.94. The number of carbonyl (C=O) groups excluding carboxylic acids is 1. The molecule has 1 aromatic heterocycles. The van der Waals surface area contributed by atoms with E-state index in [1.807, 2.05) is 41.2 Å². The second-order valence-corrected chi connectivity index (χ2v) is 7.53. The van der Waals surface area contributed by atoms with Crippen LogP contribution in [0.25, 0.3) is 5.69 Å². The molecule has 0 saturated heterocycles. The third-order valence-corrected chi connectivity index (χ3v) is 5.96. The van der Waals surface area contributed by atoms with E-state index in [1.54, 1.807) is 6.20 Å². The summed E-state index contributed by atoms with van der Waals surface area (Å²) >= 11 is 0. The normalized spacial score (nSPS) is 27.4. The van der Waals surface area contributed by atoms with Gasteiger partial charge in [0.25, 0.3) is 0 Å². The van der Waals surface area contributed by atoms with E-state index in [4.69, 9.17) is 5.73 Å². The summed E-state index contributed by atoms with van der Waals surface area (Å²) in [4.78, 5) is 12.6. The van der Waals surface area contributed by atoms with Crippen LogP contribution in [0.3, 0.4) is 0 Å². The van der Waals surface area contributed by atoms with Crippen LogP contribution in [-0.4, -0.2) is 21.7 Å². The maximum absolute atomic E-state index is 12.6. The SMILES string of the molecule is Cl.NC1C2CCCC1CC(C(=O)NCc1ccc(-n3cccn3)cc1)C2. The van der Waals surface area contributed by atoms with Gasteiger partial charge in [-0.2, -0.15) is 5.10 Å². The van der Waals surface area contributed by atoms with Gasteiger partial charge in [0.1, 0.15) is 0 Å². The highest BCUT2D eigenvalue weighted by atomic mass is 35.5. The van der Waals surface area contributed by atoms with Crippen LogP contribution in [0.1, 0.15) is 37.7 Å². The number of benzene rings is 1. The Labute approximate surface area is 160 Å². The Morgan fingerprint density at radius 1 is 1.19 bits per heavy atom. The third-order valence-electron chi connectivity index (χ3n) is 5.96. The quantitative estimate of drug-likeness (QED) is 0.863. The van der Waals surface area contributed by atoms with E-state index < -0.39 is 0 Å². The largest absolute Gasteiger partial charge is 0.352 e. The van der Waals surface area contributed by atoms with E-state index in [2.05, 4.69) is 10.4 Å². The molecule has 26 heavy (non-hydrogen) atoms. The Bertz CT molecular complexity index is 702. The molecule has 2 fully saturated rings. The molecule has 2 atom stereocenters. The predicted octanol–water partition coefficient (Wildman–Crippen LogP) is 3.06. The number of rotatable bonds is 4. The summed E-state index contributed by atoms with van der Waals surface area (Å²) in [5.41, 5.74) is 8.46. The maximum atomic E-state index is 12.6. The molecule has 2 saturated carbocycles. The first-order chi connectivity index (χ1) is 12.2. The molecule has 2 bridgehead atoms. The molecule has 0 aliphatic heterocycles. The molecule has 2 aromatic rings. The van der Waals surface area contributed by atoms with Gasteiger partial charge >= 0.3 is 0 Å². The van der Waals surface area contributed by atoms with Crippen LogP contribution in [0.4, 0.5) is 0 Å².